The Kier molecular flexibility index (Phi) is 4.60. The Morgan fingerprint density at radius 1 is 1.43 bits per heavy atom. The second-order valence-electron chi connectivity index (χ2n) is 5.16. The van der Waals surface area contributed by atoms with E-state index in [0.717, 1.165) is 4.31 Å². The fraction of sp³-hybridized carbons (Fsp3) is 0.667. The van der Waals surface area contributed by atoms with Crippen molar-refractivity contribution in [2.24, 2.45) is 13.0 Å². The van der Waals surface area contributed by atoms with Crippen molar-refractivity contribution in [1.82, 2.24) is 8.87 Å². The van der Waals surface area contributed by atoms with Crippen LogP contribution in [0.1, 0.15) is 18.5 Å². The third-order valence-electron chi connectivity index (χ3n) is 3.70. The zero-order valence-corrected chi connectivity index (χ0v) is 13.0. The number of aromatic nitrogens is 1. The van der Waals surface area contributed by atoms with Gasteiger partial charge in [0.15, 0.2) is 0 Å². The van der Waals surface area contributed by atoms with Crippen molar-refractivity contribution >= 4 is 21.6 Å². The lowest BCUT2D eigenvalue weighted by Gasteiger charge is -2.32. The van der Waals surface area contributed by atoms with Crippen molar-refractivity contribution in [2.45, 2.75) is 29.8 Å². The predicted molar refractivity (Wildman–Crippen MR) is 72.5 cm³/mol. The third kappa shape index (κ3) is 3.37. The number of hydrogen-bond acceptors (Lipinski definition) is 2. The van der Waals surface area contributed by atoms with Crippen LogP contribution in [0, 0.1) is 5.92 Å². The molecule has 0 bridgehead atoms. The molecule has 1 atom stereocenters. The second kappa shape index (κ2) is 5.81. The highest BCUT2D eigenvalue weighted by atomic mass is 35.5. The normalized spacial score (nSPS) is 21.7. The van der Waals surface area contributed by atoms with Crippen LogP contribution in [0.5, 0.6) is 0 Å². The van der Waals surface area contributed by atoms with Crippen molar-refractivity contribution in [1.29, 1.82) is 0 Å². The Bertz CT molecular complexity index is 613. The summed E-state index contributed by atoms with van der Waals surface area (Å²) in [5.74, 6) is -1.46. The summed E-state index contributed by atoms with van der Waals surface area (Å²) >= 11 is 5.69. The molecule has 1 aliphatic heterocycles. The van der Waals surface area contributed by atoms with Gasteiger partial charge in [-0.25, -0.2) is 8.42 Å². The van der Waals surface area contributed by atoms with Crippen LogP contribution in [0.3, 0.4) is 0 Å². The maximum absolute atomic E-state index is 12.8. The summed E-state index contributed by atoms with van der Waals surface area (Å²) in [5.41, 5.74) is 0.597. The van der Waals surface area contributed by atoms with E-state index >= 15 is 0 Å². The second-order valence-corrected chi connectivity index (χ2v) is 7.36. The molecule has 0 radical (unpaired) electrons. The van der Waals surface area contributed by atoms with Gasteiger partial charge in [0.1, 0.15) is 4.90 Å². The molecule has 9 heteroatoms. The molecule has 0 N–H and O–H groups in total. The van der Waals surface area contributed by atoms with Gasteiger partial charge in [0, 0.05) is 32.0 Å². The largest absolute Gasteiger partial charge is 0.393 e. The average Bonchev–Trinajstić information content (AvgIpc) is 2.80. The first-order valence-electron chi connectivity index (χ1n) is 6.44. The molecular formula is C12H16ClF3N2O2S. The lowest BCUT2D eigenvalue weighted by molar-refractivity contribution is -0.182. The highest BCUT2D eigenvalue weighted by molar-refractivity contribution is 7.89. The van der Waals surface area contributed by atoms with Crippen LogP contribution < -0.4 is 0 Å². The highest BCUT2D eigenvalue weighted by Gasteiger charge is 2.44. The van der Waals surface area contributed by atoms with Gasteiger partial charge in [0.2, 0.25) is 10.0 Å². The smallest absolute Gasteiger partial charge is 0.352 e. The average molecular weight is 345 g/mol. The molecule has 0 spiro atoms. The molecule has 1 aromatic rings. The van der Waals surface area contributed by atoms with Crippen LogP contribution >= 0.6 is 11.6 Å². The van der Waals surface area contributed by atoms with E-state index in [4.69, 9.17) is 11.6 Å². The van der Waals surface area contributed by atoms with Crippen LogP contribution in [0.4, 0.5) is 13.2 Å². The SMILES string of the molecule is Cn1cc(S(=O)(=O)N2CCCC(C(F)(F)F)C2)cc1CCl. The first-order valence-corrected chi connectivity index (χ1v) is 8.42. The summed E-state index contributed by atoms with van der Waals surface area (Å²) < 4.78 is 65.7. The van der Waals surface area contributed by atoms with Crippen molar-refractivity contribution in [2.75, 3.05) is 13.1 Å². The van der Waals surface area contributed by atoms with Gasteiger partial charge in [0.25, 0.3) is 0 Å². The van der Waals surface area contributed by atoms with E-state index in [1.807, 2.05) is 0 Å². The summed E-state index contributed by atoms with van der Waals surface area (Å²) in [6.07, 6.45) is -2.81. The van der Waals surface area contributed by atoms with Gasteiger partial charge in [-0.3, -0.25) is 0 Å². The minimum absolute atomic E-state index is 0.0107. The fourth-order valence-electron chi connectivity index (χ4n) is 2.43. The number of halogens is 4. The van der Waals surface area contributed by atoms with Gasteiger partial charge < -0.3 is 4.57 Å². The van der Waals surface area contributed by atoms with E-state index in [0.29, 0.717) is 5.69 Å². The third-order valence-corrected chi connectivity index (χ3v) is 5.81. The molecule has 1 fully saturated rings. The molecule has 0 amide bonds. The zero-order chi connectivity index (χ0) is 15.8. The van der Waals surface area contributed by atoms with Gasteiger partial charge >= 0.3 is 6.18 Å². The molecule has 4 nitrogen and oxygen atoms in total. The monoisotopic (exact) mass is 344 g/mol. The first-order chi connectivity index (χ1) is 9.66. The summed E-state index contributed by atoms with van der Waals surface area (Å²) in [6.45, 7) is -0.406. The van der Waals surface area contributed by atoms with Gasteiger partial charge in [-0.1, -0.05) is 0 Å². The topological polar surface area (TPSA) is 42.3 Å². The number of piperidine rings is 1. The van der Waals surface area contributed by atoms with E-state index in [1.165, 1.54) is 12.3 Å². The number of hydrogen-bond donors (Lipinski definition) is 0. The van der Waals surface area contributed by atoms with Crippen LogP contribution in [0.25, 0.3) is 0 Å². The lowest BCUT2D eigenvalue weighted by Crippen LogP contribution is -2.44. The van der Waals surface area contributed by atoms with Crippen molar-refractivity contribution < 1.29 is 21.6 Å². The number of sulfonamides is 1. The maximum Gasteiger partial charge on any atom is 0.393 e. The Labute approximate surface area is 126 Å². The summed E-state index contributed by atoms with van der Waals surface area (Å²) in [7, 11) is -2.27. The summed E-state index contributed by atoms with van der Waals surface area (Å²) in [5, 5.41) is 0. The molecule has 0 aromatic carbocycles. The van der Waals surface area contributed by atoms with Crippen molar-refractivity contribution in [3.63, 3.8) is 0 Å². The van der Waals surface area contributed by atoms with Gasteiger partial charge in [-0.15, -0.1) is 11.6 Å². The maximum atomic E-state index is 12.8. The van der Waals surface area contributed by atoms with Gasteiger partial charge in [-0.05, 0) is 18.9 Å². The molecule has 2 heterocycles. The minimum atomic E-state index is -4.37. The Morgan fingerprint density at radius 2 is 2.10 bits per heavy atom. The Hall–Kier alpha value is -0.730. The van der Waals surface area contributed by atoms with E-state index in [9.17, 15) is 21.6 Å². The molecule has 2 rings (SSSR count). The number of alkyl halides is 4. The van der Waals surface area contributed by atoms with Gasteiger partial charge in [-0.2, -0.15) is 17.5 Å². The molecule has 1 unspecified atom stereocenters. The predicted octanol–water partition coefficient (Wildman–Crippen LogP) is 2.73. The van der Waals surface area contributed by atoms with Gasteiger partial charge in [0.05, 0.1) is 11.8 Å². The quantitative estimate of drug-likeness (QED) is 0.791. The van der Waals surface area contributed by atoms with Crippen molar-refractivity contribution in [3.05, 3.63) is 18.0 Å². The number of rotatable bonds is 3. The molecule has 0 saturated carbocycles. The highest BCUT2D eigenvalue weighted by Crippen LogP contribution is 2.35. The van der Waals surface area contributed by atoms with Crippen molar-refractivity contribution in [3.8, 4) is 0 Å². The van der Waals surface area contributed by atoms with E-state index in [-0.39, 0.29) is 30.2 Å². The zero-order valence-electron chi connectivity index (χ0n) is 11.4. The van der Waals surface area contributed by atoms with Crippen LogP contribution in [-0.4, -0.2) is 36.6 Å². The first kappa shape index (κ1) is 16.6. The molecule has 21 heavy (non-hydrogen) atoms. The Balaban J connectivity index is 2.26. The van der Waals surface area contributed by atoms with E-state index < -0.39 is 28.7 Å². The van der Waals surface area contributed by atoms with E-state index in [2.05, 4.69) is 0 Å². The molecule has 120 valence electrons. The molecule has 1 saturated heterocycles. The summed E-state index contributed by atoms with van der Waals surface area (Å²) in [4.78, 5) is -0.0107. The Morgan fingerprint density at radius 3 is 2.62 bits per heavy atom. The minimum Gasteiger partial charge on any atom is -0.352 e. The van der Waals surface area contributed by atoms with Crippen LogP contribution in [0.2, 0.25) is 0 Å². The lowest BCUT2D eigenvalue weighted by atomic mass is 9.99. The standard InChI is InChI=1S/C12H16ClF3N2O2S/c1-17-8-11(5-10(17)6-13)21(19,20)18-4-2-3-9(7-18)12(14,15)16/h5,8-9H,2-4,6-7H2,1H3. The van der Waals surface area contributed by atoms with Crippen LogP contribution in [-0.2, 0) is 23.0 Å². The van der Waals surface area contributed by atoms with Crippen LogP contribution in [0.15, 0.2) is 17.2 Å². The number of nitrogens with zero attached hydrogens (tertiary/aromatic N) is 2. The molecular weight excluding hydrogens is 329 g/mol. The summed E-state index contributed by atoms with van der Waals surface area (Å²) in [6, 6.07) is 1.40. The fourth-order valence-corrected chi connectivity index (χ4v) is 4.31. The molecule has 0 aliphatic carbocycles. The van der Waals surface area contributed by atoms with E-state index in [1.54, 1.807) is 11.6 Å². The molecule has 1 aliphatic rings. The molecule has 1 aromatic heterocycles. The number of aryl methyl sites for hydroxylation is 1.